The van der Waals surface area contributed by atoms with Gasteiger partial charge in [0.1, 0.15) is 0 Å². The van der Waals surface area contributed by atoms with Crippen molar-refractivity contribution >= 4 is 11.3 Å². The molecule has 0 aromatic carbocycles. The molecule has 0 radical (unpaired) electrons. The van der Waals surface area contributed by atoms with Crippen LogP contribution in [0, 0.1) is 0 Å². The second-order valence-corrected chi connectivity index (χ2v) is 5.74. The SMILES string of the molecule is CCC(C)(CN)c1csc(CCN(C)C)n1. The van der Waals surface area contributed by atoms with Crippen LogP contribution in [-0.4, -0.2) is 37.1 Å². The van der Waals surface area contributed by atoms with Crippen LogP contribution < -0.4 is 5.73 Å². The van der Waals surface area contributed by atoms with Crippen LogP contribution in [-0.2, 0) is 11.8 Å². The van der Waals surface area contributed by atoms with Crippen LogP contribution in [0.5, 0.6) is 0 Å². The zero-order valence-electron chi connectivity index (χ0n) is 10.8. The Hall–Kier alpha value is -0.450. The van der Waals surface area contributed by atoms with E-state index >= 15 is 0 Å². The summed E-state index contributed by atoms with van der Waals surface area (Å²) in [5.74, 6) is 0. The average Bonchev–Trinajstić information content (AvgIpc) is 2.74. The molecule has 4 heteroatoms. The van der Waals surface area contributed by atoms with E-state index in [0.29, 0.717) is 6.54 Å². The molecular weight excluding hydrogens is 218 g/mol. The number of rotatable bonds is 6. The first-order chi connectivity index (χ1) is 7.51. The molecule has 1 aromatic rings. The zero-order valence-corrected chi connectivity index (χ0v) is 11.6. The maximum absolute atomic E-state index is 5.84. The molecular formula is C12H23N3S. The molecule has 0 saturated carbocycles. The minimum absolute atomic E-state index is 0.0485. The Labute approximate surface area is 103 Å². The molecule has 16 heavy (non-hydrogen) atoms. The summed E-state index contributed by atoms with van der Waals surface area (Å²) in [6, 6.07) is 0. The Morgan fingerprint density at radius 2 is 2.19 bits per heavy atom. The largest absolute Gasteiger partial charge is 0.330 e. The number of aromatic nitrogens is 1. The quantitative estimate of drug-likeness (QED) is 0.827. The molecule has 1 unspecified atom stereocenters. The molecule has 0 fully saturated rings. The Kier molecular flexibility index (Phi) is 4.89. The molecule has 0 aliphatic rings. The summed E-state index contributed by atoms with van der Waals surface area (Å²) in [7, 11) is 4.18. The summed E-state index contributed by atoms with van der Waals surface area (Å²) in [4.78, 5) is 6.89. The lowest BCUT2D eigenvalue weighted by Gasteiger charge is -2.23. The molecule has 3 nitrogen and oxygen atoms in total. The molecule has 1 atom stereocenters. The van der Waals surface area contributed by atoms with Crippen molar-refractivity contribution in [1.29, 1.82) is 0 Å². The number of nitrogens with two attached hydrogens (primary N) is 1. The zero-order chi connectivity index (χ0) is 12.2. The molecule has 1 rings (SSSR count). The molecule has 92 valence electrons. The van der Waals surface area contributed by atoms with Crippen LogP contribution in [0.3, 0.4) is 0 Å². The first-order valence-electron chi connectivity index (χ1n) is 5.81. The molecule has 0 saturated heterocycles. The van der Waals surface area contributed by atoms with Crippen LogP contribution in [0.2, 0.25) is 0 Å². The fraction of sp³-hybridized carbons (Fsp3) is 0.750. The van der Waals surface area contributed by atoms with E-state index < -0.39 is 0 Å². The van der Waals surface area contributed by atoms with Gasteiger partial charge in [0.05, 0.1) is 10.7 Å². The highest BCUT2D eigenvalue weighted by molar-refractivity contribution is 7.09. The number of hydrogen-bond acceptors (Lipinski definition) is 4. The number of thiazole rings is 1. The summed E-state index contributed by atoms with van der Waals surface area (Å²) in [5, 5.41) is 3.39. The van der Waals surface area contributed by atoms with Crippen molar-refractivity contribution in [3.8, 4) is 0 Å². The van der Waals surface area contributed by atoms with Crippen molar-refractivity contribution in [1.82, 2.24) is 9.88 Å². The van der Waals surface area contributed by atoms with Gasteiger partial charge in [-0.05, 0) is 20.5 Å². The first-order valence-corrected chi connectivity index (χ1v) is 6.69. The van der Waals surface area contributed by atoms with E-state index in [1.807, 2.05) is 0 Å². The molecule has 1 heterocycles. The third-order valence-corrected chi connectivity index (χ3v) is 4.08. The molecule has 0 amide bonds. The Balaban J connectivity index is 2.70. The van der Waals surface area contributed by atoms with Gasteiger partial charge in [-0.2, -0.15) is 0 Å². The van der Waals surface area contributed by atoms with Crippen molar-refractivity contribution in [2.24, 2.45) is 5.73 Å². The molecule has 1 aromatic heterocycles. The molecule has 0 aliphatic carbocycles. The van der Waals surface area contributed by atoms with Gasteiger partial charge in [0, 0.05) is 30.3 Å². The van der Waals surface area contributed by atoms with E-state index in [-0.39, 0.29) is 5.41 Å². The Morgan fingerprint density at radius 3 is 2.69 bits per heavy atom. The lowest BCUT2D eigenvalue weighted by Crippen LogP contribution is -2.31. The van der Waals surface area contributed by atoms with E-state index in [1.165, 1.54) is 5.01 Å². The highest BCUT2D eigenvalue weighted by Crippen LogP contribution is 2.27. The van der Waals surface area contributed by atoms with Crippen molar-refractivity contribution in [3.05, 3.63) is 16.1 Å². The summed E-state index contributed by atoms with van der Waals surface area (Å²) in [6.45, 7) is 6.09. The van der Waals surface area contributed by atoms with Gasteiger partial charge in [-0.25, -0.2) is 4.98 Å². The number of nitrogens with zero attached hydrogens (tertiary/aromatic N) is 2. The van der Waals surface area contributed by atoms with Gasteiger partial charge < -0.3 is 10.6 Å². The minimum Gasteiger partial charge on any atom is -0.330 e. The summed E-state index contributed by atoms with van der Waals surface area (Å²) in [6.07, 6.45) is 2.07. The van der Waals surface area contributed by atoms with Crippen molar-refractivity contribution in [3.63, 3.8) is 0 Å². The van der Waals surface area contributed by atoms with Crippen LogP contribution in [0.15, 0.2) is 5.38 Å². The van der Waals surface area contributed by atoms with Crippen LogP contribution >= 0.6 is 11.3 Å². The molecule has 0 aliphatic heterocycles. The predicted molar refractivity (Wildman–Crippen MR) is 71.1 cm³/mol. The van der Waals surface area contributed by atoms with Crippen molar-refractivity contribution in [2.75, 3.05) is 27.2 Å². The van der Waals surface area contributed by atoms with Crippen LogP contribution in [0.25, 0.3) is 0 Å². The predicted octanol–water partition coefficient (Wildman–Crippen LogP) is 1.87. The highest BCUT2D eigenvalue weighted by atomic mass is 32.1. The van der Waals surface area contributed by atoms with Gasteiger partial charge in [-0.3, -0.25) is 0 Å². The third-order valence-electron chi connectivity index (χ3n) is 3.17. The van der Waals surface area contributed by atoms with Gasteiger partial charge in [-0.1, -0.05) is 13.8 Å². The monoisotopic (exact) mass is 241 g/mol. The van der Waals surface area contributed by atoms with E-state index in [1.54, 1.807) is 11.3 Å². The standard InChI is InChI=1S/C12H23N3S/c1-5-12(2,9-13)10-8-16-11(14-10)6-7-15(3)4/h8H,5-7,9,13H2,1-4H3. The number of hydrogen-bond donors (Lipinski definition) is 1. The average molecular weight is 241 g/mol. The van der Waals surface area contributed by atoms with E-state index in [9.17, 15) is 0 Å². The number of likely N-dealkylation sites (N-methyl/N-ethyl adjacent to an activating group) is 1. The normalized spacial score (nSPS) is 15.4. The van der Waals surface area contributed by atoms with E-state index in [2.05, 4.69) is 38.2 Å². The fourth-order valence-corrected chi connectivity index (χ4v) is 2.40. The second kappa shape index (κ2) is 5.75. The third kappa shape index (κ3) is 3.27. The summed E-state index contributed by atoms with van der Waals surface area (Å²) >= 11 is 1.76. The van der Waals surface area contributed by atoms with E-state index in [0.717, 1.165) is 25.1 Å². The van der Waals surface area contributed by atoms with Crippen LogP contribution in [0.4, 0.5) is 0 Å². The minimum atomic E-state index is 0.0485. The van der Waals surface area contributed by atoms with Crippen molar-refractivity contribution in [2.45, 2.75) is 32.1 Å². The topological polar surface area (TPSA) is 42.1 Å². The summed E-state index contributed by atoms with van der Waals surface area (Å²) in [5.41, 5.74) is 7.05. The van der Waals surface area contributed by atoms with Crippen molar-refractivity contribution < 1.29 is 0 Å². The Morgan fingerprint density at radius 1 is 1.50 bits per heavy atom. The first kappa shape index (κ1) is 13.6. The summed E-state index contributed by atoms with van der Waals surface area (Å²) < 4.78 is 0. The van der Waals surface area contributed by atoms with Gasteiger partial charge in [-0.15, -0.1) is 11.3 Å². The molecule has 0 spiro atoms. The van der Waals surface area contributed by atoms with E-state index in [4.69, 9.17) is 10.7 Å². The second-order valence-electron chi connectivity index (χ2n) is 4.80. The fourth-order valence-electron chi connectivity index (χ4n) is 1.45. The Bertz CT molecular complexity index is 316. The molecule has 2 N–H and O–H groups in total. The lowest BCUT2D eigenvalue weighted by atomic mass is 9.85. The highest BCUT2D eigenvalue weighted by Gasteiger charge is 2.25. The van der Waals surface area contributed by atoms with Crippen LogP contribution in [0.1, 0.15) is 31.0 Å². The lowest BCUT2D eigenvalue weighted by molar-refractivity contribution is 0.411. The van der Waals surface area contributed by atoms with Gasteiger partial charge in [0.2, 0.25) is 0 Å². The maximum Gasteiger partial charge on any atom is 0.0941 e. The maximum atomic E-state index is 5.84. The molecule has 0 bridgehead atoms. The van der Waals surface area contributed by atoms with Gasteiger partial charge in [0.15, 0.2) is 0 Å². The van der Waals surface area contributed by atoms with Gasteiger partial charge in [0.25, 0.3) is 0 Å². The van der Waals surface area contributed by atoms with Gasteiger partial charge >= 0.3 is 0 Å². The smallest absolute Gasteiger partial charge is 0.0941 e.